The second kappa shape index (κ2) is 6.68. The van der Waals surface area contributed by atoms with Crippen molar-refractivity contribution in [2.75, 3.05) is 0 Å². The zero-order valence-electron chi connectivity index (χ0n) is 12.6. The van der Waals surface area contributed by atoms with E-state index in [2.05, 4.69) is 4.98 Å². The molecular weight excluding hydrogens is 341 g/mol. The number of hydrogen-bond donors (Lipinski definition) is 1. The maximum Gasteiger partial charge on any atom is 0.339 e. The monoisotopic (exact) mass is 351 g/mol. The second-order valence-electron chi connectivity index (χ2n) is 5.00. The van der Waals surface area contributed by atoms with E-state index >= 15 is 0 Å². The fourth-order valence-electron chi connectivity index (χ4n) is 1.91. The Morgan fingerprint density at radius 1 is 1.42 bits per heavy atom. The molecule has 9 heteroatoms. The van der Waals surface area contributed by atoms with E-state index in [4.69, 9.17) is 21.6 Å². The zero-order chi connectivity index (χ0) is 18.0. The molecule has 124 valence electrons. The van der Waals surface area contributed by atoms with Gasteiger partial charge < -0.3 is 9.72 Å². The van der Waals surface area contributed by atoms with Crippen LogP contribution in [0.25, 0.3) is 5.69 Å². The van der Waals surface area contributed by atoms with Crippen molar-refractivity contribution in [3.63, 3.8) is 0 Å². The number of nitrogens with one attached hydrogen (secondary N) is 1. The second-order valence-corrected chi connectivity index (χ2v) is 5.40. The van der Waals surface area contributed by atoms with E-state index in [1.54, 1.807) is 19.9 Å². The standard InChI is InChI=1S/C15H11ClFN3O4/c1-7(2)24-14(22)9-3-12(11(17)4-10(9)16)20-13(21)8(5-18)6-19-15(20)23/h3-4,6-7H,1-2H3,(H,19,23). The summed E-state index contributed by atoms with van der Waals surface area (Å²) < 4.78 is 19.6. The number of carbonyl (C=O) groups is 1. The normalized spacial score (nSPS) is 10.5. The van der Waals surface area contributed by atoms with Gasteiger partial charge in [0.25, 0.3) is 5.56 Å². The van der Waals surface area contributed by atoms with Gasteiger partial charge in [-0.2, -0.15) is 5.26 Å². The molecule has 1 heterocycles. The summed E-state index contributed by atoms with van der Waals surface area (Å²) in [6.45, 7) is 3.23. The predicted molar refractivity (Wildman–Crippen MR) is 82.9 cm³/mol. The molecule has 0 aliphatic carbocycles. The molecule has 0 saturated heterocycles. The molecule has 0 spiro atoms. The lowest BCUT2D eigenvalue weighted by molar-refractivity contribution is 0.0378. The maximum atomic E-state index is 14.2. The first kappa shape index (κ1) is 17.4. The Labute approximate surface area is 139 Å². The Morgan fingerprint density at radius 2 is 2.08 bits per heavy atom. The average molecular weight is 352 g/mol. The first-order chi connectivity index (χ1) is 11.3. The van der Waals surface area contributed by atoms with Crippen LogP contribution in [0.1, 0.15) is 29.8 Å². The number of benzene rings is 1. The Balaban J connectivity index is 2.74. The van der Waals surface area contributed by atoms with Crippen LogP contribution in [0.15, 0.2) is 27.9 Å². The number of H-pyrrole nitrogens is 1. The van der Waals surface area contributed by atoms with Crippen LogP contribution < -0.4 is 11.2 Å². The van der Waals surface area contributed by atoms with Crippen molar-refractivity contribution < 1.29 is 13.9 Å². The number of carbonyl (C=O) groups excluding carboxylic acids is 1. The van der Waals surface area contributed by atoms with Crippen LogP contribution in [0, 0.1) is 17.1 Å². The van der Waals surface area contributed by atoms with Gasteiger partial charge in [0, 0.05) is 6.20 Å². The van der Waals surface area contributed by atoms with Gasteiger partial charge in [0.1, 0.15) is 17.4 Å². The van der Waals surface area contributed by atoms with E-state index < -0.39 is 40.4 Å². The SMILES string of the molecule is CC(C)OC(=O)c1cc(-n2c(=O)[nH]cc(C#N)c2=O)c(F)cc1Cl. The molecule has 0 atom stereocenters. The van der Waals surface area contributed by atoms with Gasteiger partial charge in [-0.05, 0) is 26.0 Å². The number of aromatic amines is 1. The smallest absolute Gasteiger partial charge is 0.339 e. The highest BCUT2D eigenvalue weighted by Crippen LogP contribution is 2.23. The minimum Gasteiger partial charge on any atom is -0.459 e. The number of hydrogen-bond acceptors (Lipinski definition) is 5. The van der Waals surface area contributed by atoms with Crippen LogP contribution in [-0.2, 0) is 4.74 Å². The minimum absolute atomic E-state index is 0.213. The van der Waals surface area contributed by atoms with Crippen LogP contribution in [0.4, 0.5) is 4.39 Å². The van der Waals surface area contributed by atoms with Crippen LogP contribution in [0.2, 0.25) is 5.02 Å². The number of halogens is 2. The molecule has 0 radical (unpaired) electrons. The van der Waals surface area contributed by atoms with Gasteiger partial charge in [-0.1, -0.05) is 11.6 Å². The molecule has 24 heavy (non-hydrogen) atoms. The van der Waals surface area contributed by atoms with Crippen molar-refractivity contribution >= 4 is 17.6 Å². The van der Waals surface area contributed by atoms with E-state index in [0.29, 0.717) is 4.57 Å². The molecule has 0 amide bonds. The summed E-state index contributed by atoms with van der Waals surface area (Å²) in [7, 11) is 0. The van der Waals surface area contributed by atoms with Gasteiger partial charge in [0.05, 0.1) is 22.4 Å². The topological polar surface area (TPSA) is 105 Å². The van der Waals surface area contributed by atoms with Gasteiger partial charge in [-0.25, -0.2) is 18.5 Å². The van der Waals surface area contributed by atoms with Crippen LogP contribution in [0.5, 0.6) is 0 Å². The van der Waals surface area contributed by atoms with Crippen molar-refractivity contribution in [3.8, 4) is 11.8 Å². The van der Waals surface area contributed by atoms with E-state index in [-0.39, 0.29) is 10.6 Å². The quantitative estimate of drug-likeness (QED) is 0.848. The Kier molecular flexibility index (Phi) is 4.85. The molecule has 2 aromatic rings. The Hall–Kier alpha value is -2.92. The molecule has 0 saturated carbocycles. The number of ether oxygens (including phenoxy) is 1. The van der Waals surface area contributed by atoms with E-state index in [1.165, 1.54) is 0 Å². The number of nitrogens with zero attached hydrogens (tertiary/aromatic N) is 2. The van der Waals surface area contributed by atoms with Crippen LogP contribution in [0.3, 0.4) is 0 Å². The largest absolute Gasteiger partial charge is 0.459 e. The Morgan fingerprint density at radius 3 is 2.67 bits per heavy atom. The van der Waals surface area contributed by atoms with Gasteiger partial charge in [-0.15, -0.1) is 0 Å². The summed E-state index contributed by atoms with van der Waals surface area (Å²) >= 11 is 5.84. The first-order valence-electron chi connectivity index (χ1n) is 6.71. The summed E-state index contributed by atoms with van der Waals surface area (Å²) in [4.78, 5) is 38.2. The van der Waals surface area contributed by atoms with Crippen molar-refractivity contribution in [2.45, 2.75) is 20.0 Å². The van der Waals surface area contributed by atoms with Gasteiger partial charge in [0.2, 0.25) is 0 Å². The number of esters is 1. The van der Waals surface area contributed by atoms with Crippen molar-refractivity contribution in [1.82, 2.24) is 9.55 Å². The first-order valence-corrected chi connectivity index (χ1v) is 7.09. The van der Waals surface area contributed by atoms with E-state index in [0.717, 1.165) is 18.3 Å². The van der Waals surface area contributed by atoms with E-state index in [1.807, 2.05) is 0 Å². The highest BCUT2D eigenvalue weighted by molar-refractivity contribution is 6.33. The lowest BCUT2D eigenvalue weighted by atomic mass is 10.2. The minimum atomic E-state index is -1.02. The molecule has 0 bridgehead atoms. The third-order valence-electron chi connectivity index (χ3n) is 2.94. The van der Waals surface area contributed by atoms with Crippen molar-refractivity contribution in [2.24, 2.45) is 0 Å². The third-order valence-corrected chi connectivity index (χ3v) is 3.25. The summed E-state index contributed by atoms with van der Waals surface area (Å²) in [5, 5.41) is 8.63. The molecule has 0 fully saturated rings. The van der Waals surface area contributed by atoms with E-state index in [9.17, 15) is 18.8 Å². The highest BCUT2D eigenvalue weighted by atomic mass is 35.5. The molecule has 0 aliphatic rings. The zero-order valence-corrected chi connectivity index (χ0v) is 13.3. The number of aromatic nitrogens is 2. The molecular formula is C15H11ClFN3O4. The van der Waals surface area contributed by atoms with Crippen molar-refractivity contribution in [1.29, 1.82) is 5.26 Å². The van der Waals surface area contributed by atoms with Crippen LogP contribution >= 0.6 is 11.6 Å². The highest BCUT2D eigenvalue weighted by Gasteiger charge is 2.20. The fourth-order valence-corrected chi connectivity index (χ4v) is 2.14. The average Bonchev–Trinajstić information content (AvgIpc) is 2.48. The van der Waals surface area contributed by atoms with Gasteiger partial charge in [-0.3, -0.25) is 4.79 Å². The lowest BCUT2D eigenvalue weighted by Gasteiger charge is -2.12. The summed E-state index contributed by atoms with van der Waals surface area (Å²) in [6, 6.07) is 3.30. The third kappa shape index (κ3) is 3.21. The summed E-state index contributed by atoms with van der Waals surface area (Å²) in [5.74, 6) is -1.85. The molecule has 1 aromatic carbocycles. The molecule has 2 rings (SSSR count). The Bertz CT molecular complexity index is 972. The van der Waals surface area contributed by atoms with Crippen LogP contribution in [-0.4, -0.2) is 21.6 Å². The number of rotatable bonds is 3. The van der Waals surface area contributed by atoms with Gasteiger partial charge in [0.15, 0.2) is 0 Å². The lowest BCUT2D eigenvalue weighted by Crippen LogP contribution is -2.35. The molecule has 0 aliphatic heterocycles. The molecule has 0 unspecified atom stereocenters. The maximum absolute atomic E-state index is 14.2. The summed E-state index contributed by atoms with van der Waals surface area (Å²) in [5.41, 5.74) is -3.11. The molecule has 1 N–H and O–H groups in total. The molecule has 1 aromatic heterocycles. The predicted octanol–water partition coefficient (Wildman–Crippen LogP) is 1.76. The van der Waals surface area contributed by atoms with Crippen molar-refractivity contribution in [3.05, 3.63) is 61.1 Å². The van der Waals surface area contributed by atoms with Gasteiger partial charge >= 0.3 is 11.7 Å². The molecule has 7 nitrogen and oxygen atoms in total. The summed E-state index contributed by atoms with van der Waals surface area (Å²) in [6.07, 6.45) is 0.471. The fraction of sp³-hybridized carbons (Fsp3) is 0.200. The number of nitriles is 1.